The Labute approximate surface area is 308 Å². The molecule has 0 radical (unpaired) electrons. The molecule has 2 amide bonds. The molecule has 3 saturated heterocycles. The molecule has 0 bridgehead atoms. The number of β-lactam (4-membered cyclic amide) rings is 1. The molecule has 0 unspecified atom stereocenters. The molecule has 4 heterocycles. The largest absolute Gasteiger partial charge is 0.480 e. The number of hydrogen-bond acceptors (Lipinski definition) is 9. The van der Waals surface area contributed by atoms with Crippen molar-refractivity contribution in [2.45, 2.75) is 131 Å². The quantitative estimate of drug-likeness (QED) is 0.252. The first-order valence-corrected chi connectivity index (χ1v) is 19.8. The topological polar surface area (TPSA) is 176 Å². The van der Waals surface area contributed by atoms with Gasteiger partial charge in [0.15, 0.2) is 0 Å². The first-order chi connectivity index (χ1) is 24.6. The number of thioether (sulfide) groups is 1. The standard InChI is InChI=1S/C24H32O4.C16H19N3O4S/c1-22-9-7-16(25)11-15(22)4-5-18-17(22)8-10-23(2)19(12-20-24(18,23)28-20)14-3-6-21(26)27-13-14;1-16(2)11(15(22)23)19-13(21)10(14(19)24-16)18-12(20)9(17)8-6-4-3-5-7-8/h3,6,13,15-20,25H,4-5,7-12H2,1-2H3;3-7,9-11,14H,17H2,1-2H3,(H,18,20)(H,22,23)/t15-,16+,17+,18-,19-,20-,22+,23-,24-;9-,10-,11+,14-/m11/s1. The van der Waals surface area contributed by atoms with Crippen LogP contribution in [0, 0.1) is 28.6 Å². The highest BCUT2D eigenvalue weighted by atomic mass is 32.2. The van der Waals surface area contributed by atoms with Gasteiger partial charge in [-0.3, -0.25) is 9.59 Å². The summed E-state index contributed by atoms with van der Waals surface area (Å²) in [5.74, 6) is 0.619. The van der Waals surface area contributed by atoms with Crippen LogP contribution in [0.3, 0.4) is 0 Å². The van der Waals surface area contributed by atoms with Gasteiger partial charge in [0.1, 0.15) is 29.1 Å². The molecule has 52 heavy (non-hydrogen) atoms. The number of nitrogens with one attached hydrogen (secondary N) is 1. The van der Waals surface area contributed by atoms with E-state index in [0.717, 1.165) is 25.2 Å². The molecule has 2 aromatic rings. The monoisotopic (exact) mass is 733 g/mol. The molecule has 12 heteroatoms. The summed E-state index contributed by atoms with van der Waals surface area (Å²) >= 11 is 1.38. The molecule has 5 N–H and O–H groups in total. The number of epoxide rings is 1. The normalized spacial score (nSPS) is 42.5. The third-order valence-electron chi connectivity index (χ3n) is 14.6. The van der Waals surface area contributed by atoms with E-state index in [1.807, 2.05) is 12.1 Å². The summed E-state index contributed by atoms with van der Waals surface area (Å²) in [5.41, 5.74) is 8.04. The number of aliphatic hydroxyl groups excluding tert-OH is 1. The van der Waals surface area contributed by atoms with E-state index in [4.69, 9.17) is 14.9 Å². The fraction of sp³-hybridized carbons (Fsp3) is 0.650. The predicted octanol–water partition coefficient (Wildman–Crippen LogP) is 4.58. The maximum Gasteiger partial charge on any atom is 0.335 e. The first kappa shape index (κ1) is 35.8. The molecule has 1 spiro atoms. The molecule has 4 aliphatic carbocycles. The lowest BCUT2D eigenvalue weighted by molar-refractivity contribution is -0.161. The van der Waals surface area contributed by atoms with Crippen molar-refractivity contribution in [3.8, 4) is 0 Å². The summed E-state index contributed by atoms with van der Waals surface area (Å²) in [7, 11) is 0. The summed E-state index contributed by atoms with van der Waals surface area (Å²) in [5, 5.41) is 21.9. The lowest BCUT2D eigenvalue weighted by Crippen LogP contribution is -2.71. The Kier molecular flexibility index (Phi) is 8.56. The Balaban J connectivity index is 0.000000151. The van der Waals surface area contributed by atoms with E-state index in [-0.39, 0.29) is 34.0 Å². The fourth-order valence-electron chi connectivity index (χ4n) is 11.9. The molecular formula is C40H51N3O8S. The second-order valence-corrected chi connectivity index (χ2v) is 19.2. The van der Waals surface area contributed by atoms with E-state index in [1.165, 1.54) is 54.3 Å². The van der Waals surface area contributed by atoms with Gasteiger partial charge in [0.25, 0.3) is 0 Å². The number of aliphatic hydroxyl groups is 1. The second-order valence-electron chi connectivity index (χ2n) is 17.4. The van der Waals surface area contributed by atoms with Gasteiger partial charge in [-0.15, -0.1) is 11.8 Å². The minimum absolute atomic E-state index is 0.0285. The van der Waals surface area contributed by atoms with Crippen LogP contribution in [0.1, 0.15) is 102 Å². The number of aliphatic carboxylic acids is 1. The molecule has 13 atom stereocenters. The minimum atomic E-state index is -1.03. The summed E-state index contributed by atoms with van der Waals surface area (Å²) < 4.78 is 11.2. The zero-order valence-electron chi connectivity index (χ0n) is 30.3. The van der Waals surface area contributed by atoms with Crippen LogP contribution in [0.4, 0.5) is 0 Å². The molecule has 9 rings (SSSR count). The highest BCUT2D eigenvalue weighted by Crippen LogP contribution is 2.78. The summed E-state index contributed by atoms with van der Waals surface area (Å²) in [4.78, 5) is 48.9. The van der Waals surface area contributed by atoms with Crippen molar-refractivity contribution in [3.05, 3.63) is 70.3 Å². The third kappa shape index (κ3) is 5.25. The van der Waals surface area contributed by atoms with E-state index in [1.54, 1.807) is 50.4 Å². The fourth-order valence-corrected chi connectivity index (χ4v) is 13.6. The molecule has 7 aliphatic rings. The Morgan fingerprint density at radius 1 is 0.981 bits per heavy atom. The number of fused-ring (bicyclic) bond motifs is 4. The van der Waals surface area contributed by atoms with Crippen LogP contribution in [0.5, 0.6) is 0 Å². The van der Waals surface area contributed by atoms with Crippen LogP contribution in [0.25, 0.3) is 0 Å². The van der Waals surface area contributed by atoms with Crippen molar-refractivity contribution in [2.24, 2.45) is 34.3 Å². The van der Waals surface area contributed by atoms with Gasteiger partial charge in [-0.2, -0.15) is 0 Å². The van der Waals surface area contributed by atoms with Gasteiger partial charge >= 0.3 is 11.6 Å². The van der Waals surface area contributed by atoms with E-state index < -0.39 is 34.7 Å². The van der Waals surface area contributed by atoms with Crippen molar-refractivity contribution in [3.63, 3.8) is 0 Å². The maximum atomic E-state index is 12.3. The van der Waals surface area contributed by atoms with Gasteiger partial charge in [-0.1, -0.05) is 44.2 Å². The van der Waals surface area contributed by atoms with Crippen LogP contribution in [-0.4, -0.2) is 72.9 Å². The summed E-state index contributed by atoms with van der Waals surface area (Å²) in [6.07, 6.45) is 11.1. The van der Waals surface area contributed by atoms with Crippen molar-refractivity contribution in [2.75, 3.05) is 0 Å². The lowest BCUT2D eigenvalue weighted by atomic mass is 9.44. The third-order valence-corrected chi connectivity index (χ3v) is 16.2. The van der Waals surface area contributed by atoms with E-state index in [2.05, 4.69) is 19.2 Å². The van der Waals surface area contributed by atoms with Crippen LogP contribution in [-0.2, 0) is 19.1 Å². The average molecular weight is 734 g/mol. The molecular weight excluding hydrogens is 683 g/mol. The highest BCUT2D eigenvalue weighted by Gasteiger charge is 2.80. The van der Waals surface area contributed by atoms with Crippen LogP contribution < -0.4 is 16.7 Å². The number of ether oxygens (including phenoxy) is 1. The maximum absolute atomic E-state index is 12.3. The number of carbonyl (C=O) groups is 3. The van der Waals surface area contributed by atoms with Gasteiger partial charge in [-0.25, -0.2) is 9.59 Å². The van der Waals surface area contributed by atoms with Crippen molar-refractivity contribution in [1.82, 2.24) is 10.2 Å². The molecule has 1 aromatic carbocycles. The number of carboxylic acid groups (broad SMARTS) is 1. The van der Waals surface area contributed by atoms with Crippen LogP contribution >= 0.6 is 11.8 Å². The number of rotatable bonds is 5. The number of nitrogens with zero attached hydrogens (tertiary/aromatic N) is 1. The van der Waals surface area contributed by atoms with Crippen molar-refractivity contribution < 1.29 is 33.8 Å². The number of benzene rings is 1. The number of nitrogens with two attached hydrogens (primary N) is 1. The van der Waals surface area contributed by atoms with Crippen molar-refractivity contribution >= 4 is 29.5 Å². The number of amides is 2. The van der Waals surface area contributed by atoms with E-state index in [9.17, 15) is 29.4 Å². The second kappa shape index (κ2) is 12.4. The number of hydrogen-bond donors (Lipinski definition) is 4. The average Bonchev–Trinajstić information content (AvgIpc) is 3.70. The van der Waals surface area contributed by atoms with Crippen molar-refractivity contribution in [1.29, 1.82) is 0 Å². The zero-order valence-corrected chi connectivity index (χ0v) is 31.1. The molecule has 7 fully saturated rings. The van der Waals surface area contributed by atoms with E-state index >= 15 is 0 Å². The van der Waals surface area contributed by atoms with Gasteiger partial charge < -0.3 is 35.3 Å². The Morgan fingerprint density at radius 2 is 1.73 bits per heavy atom. The lowest BCUT2D eigenvalue weighted by Gasteiger charge is -2.61. The minimum Gasteiger partial charge on any atom is -0.480 e. The van der Waals surface area contributed by atoms with E-state index in [0.29, 0.717) is 34.8 Å². The van der Waals surface area contributed by atoms with Gasteiger partial charge in [0.2, 0.25) is 11.8 Å². The Hall–Kier alpha value is -3.19. The molecule has 3 aliphatic heterocycles. The molecule has 4 saturated carbocycles. The summed E-state index contributed by atoms with van der Waals surface area (Å²) in [6.45, 7) is 8.55. The Morgan fingerprint density at radius 3 is 2.42 bits per heavy atom. The van der Waals surface area contributed by atoms with Crippen LogP contribution in [0.15, 0.2) is 57.9 Å². The number of carbonyl (C=O) groups excluding carboxylic acids is 2. The SMILES string of the molecule is CC1(C)S[C@@H]2[C@H](NC(=O)[C@H](N)c3ccccc3)C(=O)N2[C@H]1C(=O)O.C[C@]12CC[C@H](O)C[C@H]1CC[C@@H]1[C@@H]2CC[C@]2(C)[C@@H](c3ccc(=O)oc3)C[C@H]3O[C@]132. The van der Waals surface area contributed by atoms with Gasteiger partial charge in [-0.05, 0) is 111 Å². The highest BCUT2D eigenvalue weighted by molar-refractivity contribution is 8.01. The predicted molar refractivity (Wildman–Crippen MR) is 194 cm³/mol. The Bertz CT molecular complexity index is 1800. The first-order valence-electron chi connectivity index (χ1n) is 18.9. The number of carboxylic acids is 1. The molecule has 11 nitrogen and oxygen atoms in total. The zero-order chi connectivity index (χ0) is 37.0. The van der Waals surface area contributed by atoms with Gasteiger partial charge in [0, 0.05) is 16.2 Å². The summed E-state index contributed by atoms with van der Waals surface area (Å²) in [6, 6.07) is 9.93. The van der Waals surface area contributed by atoms with Crippen LogP contribution in [0.2, 0.25) is 0 Å². The molecule has 280 valence electrons. The molecule has 1 aromatic heterocycles. The van der Waals surface area contributed by atoms with Gasteiger partial charge in [0.05, 0.1) is 18.5 Å². The smallest absolute Gasteiger partial charge is 0.335 e.